The minimum atomic E-state index is -0.461. The number of carbonyl (C=O) groups excluding carboxylic acids is 1. The Morgan fingerprint density at radius 2 is 2.14 bits per heavy atom. The van der Waals surface area contributed by atoms with Crippen LogP contribution in [0.3, 0.4) is 0 Å². The number of aromatic nitrogens is 2. The van der Waals surface area contributed by atoms with Crippen molar-refractivity contribution in [3.05, 3.63) is 34.3 Å². The molecule has 2 rings (SSSR count). The molecule has 0 aliphatic heterocycles. The van der Waals surface area contributed by atoms with Gasteiger partial charge in [0.15, 0.2) is 5.01 Å². The number of unbranched alkanes of at least 4 members (excludes halogenated alkanes) is 2. The van der Waals surface area contributed by atoms with Gasteiger partial charge in [-0.15, -0.1) is 11.3 Å². The maximum Gasteiger partial charge on any atom is 0.277 e. The highest BCUT2D eigenvalue weighted by molar-refractivity contribution is 7.14. The number of nitrogens with zero attached hydrogens (tertiary/aromatic N) is 2. The van der Waals surface area contributed by atoms with Crippen molar-refractivity contribution in [1.82, 2.24) is 9.97 Å². The molecule has 5 heteroatoms. The van der Waals surface area contributed by atoms with Gasteiger partial charge in [0.2, 0.25) is 0 Å². The molecule has 0 saturated carbocycles. The maximum atomic E-state index is 11.5. The van der Waals surface area contributed by atoms with Crippen LogP contribution in [0.25, 0.3) is 11.4 Å². The first-order chi connectivity index (χ1) is 10.7. The van der Waals surface area contributed by atoms with Crippen molar-refractivity contribution in [1.29, 1.82) is 0 Å². The lowest BCUT2D eigenvalue weighted by Crippen LogP contribution is -2.10. The van der Waals surface area contributed by atoms with Crippen molar-refractivity contribution in [3.8, 4) is 11.4 Å². The third-order valence-corrected chi connectivity index (χ3v) is 5.02. The van der Waals surface area contributed by atoms with Crippen molar-refractivity contribution in [3.63, 3.8) is 0 Å². The van der Waals surface area contributed by atoms with Crippen LogP contribution in [0.1, 0.15) is 66.5 Å². The second-order valence-electron chi connectivity index (χ2n) is 5.41. The van der Waals surface area contributed by atoms with E-state index >= 15 is 0 Å². The molecule has 0 aliphatic rings. The summed E-state index contributed by atoms with van der Waals surface area (Å²) in [6.45, 7) is 4.39. The Hall–Kier alpha value is -1.75. The first kappa shape index (κ1) is 16.6. The molecule has 0 spiro atoms. The average Bonchev–Trinajstić information content (AvgIpc) is 2.98. The molecule has 0 saturated heterocycles. The number of pyridine rings is 1. The first-order valence-electron chi connectivity index (χ1n) is 7.89. The molecule has 0 aliphatic carbocycles. The van der Waals surface area contributed by atoms with E-state index in [0.717, 1.165) is 29.1 Å². The van der Waals surface area contributed by atoms with E-state index in [1.54, 1.807) is 6.20 Å². The van der Waals surface area contributed by atoms with Crippen LogP contribution in [0, 0.1) is 0 Å². The lowest BCUT2D eigenvalue weighted by Gasteiger charge is -2.14. The summed E-state index contributed by atoms with van der Waals surface area (Å²) in [6, 6.07) is 5.75. The molecule has 22 heavy (non-hydrogen) atoms. The summed E-state index contributed by atoms with van der Waals surface area (Å²) in [5, 5.41) is 0.379. The Bertz CT molecular complexity index is 610. The quantitative estimate of drug-likeness (QED) is 0.735. The molecular formula is C17H23N3OS. The van der Waals surface area contributed by atoms with Crippen molar-refractivity contribution >= 4 is 17.2 Å². The summed E-state index contributed by atoms with van der Waals surface area (Å²) in [5.41, 5.74) is 7.06. The van der Waals surface area contributed by atoms with Gasteiger partial charge in [0.05, 0.1) is 5.69 Å². The molecule has 1 amide bonds. The highest BCUT2D eigenvalue weighted by atomic mass is 32.1. The summed E-state index contributed by atoms with van der Waals surface area (Å²) in [7, 11) is 0. The second kappa shape index (κ2) is 8.03. The molecular weight excluding hydrogens is 294 g/mol. The van der Waals surface area contributed by atoms with Gasteiger partial charge in [-0.2, -0.15) is 0 Å². The Labute approximate surface area is 135 Å². The van der Waals surface area contributed by atoms with Crippen molar-refractivity contribution in [2.24, 2.45) is 5.73 Å². The predicted molar refractivity (Wildman–Crippen MR) is 91.0 cm³/mol. The van der Waals surface area contributed by atoms with Crippen LogP contribution < -0.4 is 5.73 Å². The Balaban J connectivity index is 2.37. The summed E-state index contributed by atoms with van der Waals surface area (Å²) >= 11 is 1.43. The fourth-order valence-electron chi connectivity index (χ4n) is 2.56. The number of rotatable bonds is 8. The van der Waals surface area contributed by atoms with Gasteiger partial charge in [-0.05, 0) is 30.9 Å². The van der Waals surface area contributed by atoms with E-state index in [1.165, 1.54) is 30.6 Å². The fraction of sp³-hybridized carbons (Fsp3) is 0.471. The topological polar surface area (TPSA) is 68.9 Å². The zero-order chi connectivity index (χ0) is 15.9. The van der Waals surface area contributed by atoms with Gasteiger partial charge < -0.3 is 5.73 Å². The highest BCUT2D eigenvalue weighted by Gasteiger charge is 2.22. The second-order valence-corrected chi connectivity index (χ2v) is 6.44. The molecule has 118 valence electrons. The number of hydrogen-bond donors (Lipinski definition) is 1. The number of primary amides is 1. The van der Waals surface area contributed by atoms with E-state index in [0.29, 0.717) is 10.9 Å². The Morgan fingerprint density at radius 1 is 1.32 bits per heavy atom. The van der Waals surface area contributed by atoms with Crippen LogP contribution in [-0.4, -0.2) is 15.9 Å². The number of amides is 1. The maximum absolute atomic E-state index is 11.5. The minimum Gasteiger partial charge on any atom is -0.364 e. The van der Waals surface area contributed by atoms with E-state index in [4.69, 9.17) is 5.73 Å². The lowest BCUT2D eigenvalue weighted by atomic mass is 9.95. The molecule has 2 heterocycles. The summed E-state index contributed by atoms with van der Waals surface area (Å²) in [6.07, 6.45) is 7.53. The fourth-order valence-corrected chi connectivity index (χ4v) is 3.71. The number of nitrogens with two attached hydrogens (primary N) is 1. The summed E-state index contributed by atoms with van der Waals surface area (Å²) in [5.74, 6) is -0.0500. The van der Waals surface area contributed by atoms with Gasteiger partial charge in [0.1, 0.15) is 5.69 Å². The van der Waals surface area contributed by atoms with Gasteiger partial charge in [-0.3, -0.25) is 9.78 Å². The third-order valence-electron chi connectivity index (χ3n) is 3.79. The van der Waals surface area contributed by atoms with E-state index in [2.05, 4.69) is 23.8 Å². The Morgan fingerprint density at radius 3 is 2.73 bits per heavy atom. The van der Waals surface area contributed by atoms with Gasteiger partial charge in [0.25, 0.3) is 5.91 Å². The third kappa shape index (κ3) is 3.91. The molecule has 0 radical (unpaired) electrons. The highest BCUT2D eigenvalue weighted by Crippen LogP contribution is 2.37. The average molecular weight is 317 g/mol. The molecule has 1 unspecified atom stereocenters. The number of hydrogen-bond acceptors (Lipinski definition) is 4. The molecule has 4 nitrogen and oxygen atoms in total. The normalized spacial score (nSPS) is 12.3. The van der Waals surface area contributed by atoms with E-state index in [1.807, 2.05) is 18.2 Å². The van der Waals surface area contributed by atoms with Gasteiger partial charge in [-0.25, -0.2) is 4.98 Å². The lowest BCUT2D eigenvalue weighted by molar-refractivity contribution is 0.1000. The molecule has 2 aromatic rings. The monoisotopic (exact) mass is 317 g/mol. The van der Waals surface area contributed by atoms with Gasteiger partial charge in [0, 0.05) is 11.1 Å². The Kier molecular flexibility index (Phi) is 6.07. The number of carbonyl (C=O) groups is 1. The molecule has 0 fully saturated rings. The smallest absolute Gasteiger partial charge is 0.277 e. The number of thiazole rings is 1. The van der Waals surface area contributed by atoms with E-state index in [9.17, 15) is 4.79 Å². The van der Waals surface area contributed by atoms with Crippen LogP contribution in [0.2, 0.25) is 0 Å². The largest absolute Gasteiger partial charge is 0.364 e. The molecule has 2 aromatic heterocycles. The minimum absolute atomic E-state index is 0.379. The zero-order valence-electron chi connectivity index (χ0n) is 13.2. The van der Waals surface area contributed by atoms with Crippen molar-refractivity contribution in [2.45, 2.75) is 51.9 Å². The SMILES string of the molecule is CCCCCC(CC)c1sc(C(N)=O)nc1-c1ccccn1. The van der Waals surface area contributed by atoms with Crippen LogP contribution >= 0.6 is 11.3 Å². The molecule has 2 N–H and O–H groups in total. The molecule has 1 atom stereocenters. The van der Waals surface area contributed by atoms with Gasteiger partial charge in [-0.1, -0.05) is 39.2 Å². The van der Waals surface area contributed by atoms with Crippen LogP contribution in [-0.2, 0) is 0 Å². The van der Waals surface area contributed by atoms with Crippen LogP contribution in [0.15, 0.2) is 24.4 Å². The van der Waals surface area contributed by atoms with E-state index < -0.39 is 5.91 Å². The van der Waals surface area contributed by atoms with Crippen LogP contribution in [0.4, 0.5) is 0 Å². The van der Waals surface area contributed by atoms with Gasteiger partial charge >= 0.3 is 0 Å². The van der Waals surface area contributed by atoms with Crippen molar-refractivity contribution in [2.75, 3.05) is 0 Å². The van der Waals surface area contributed by atoms with E-state index in [-0.39, 0.29) is 0 Å². The predicted octanol–water partition coefficient (Wildman–Crippen LogP) is 4.38. The first-order valence-corrected chi connectivity index (χ1v) is 8.70. The molecule has 0 aromatic carbocycles. The summed E-state index contributed by atoms with van der Waals surface area (Å²) in [4.78, 5) is 21.5. The summed E-state index contributed by atoms with van der Waals surface area (Å²) < 4.78 is 0. The molecule has 0 bridgehead atoms. The van der Waals surface area contributed by atoms with Crippen LogP contribution in [0.5, 0.6) is 0 Å². The van der Waals surface area contributed by atoms with Crippen molar-refractivity contribution < 1.29 is 4.79 Å². The standard InChI is InChI=1S/C17H23N3OS/c1-3-5-6-9-12(4-2)15-14(13-10-7-8-11-19-13)20-17(22-15)16(18)21/h7-8,10-12H,3-6,9H2,1-2H3,(H2,18,21). The zero-order valence-corrected chi connectivity index (χ0v) is 14.0.